The van der Waals surface area contributed by atoms with Crippen LogP contribution in [0.2, 0.25) is 0 Å². The minimum Gasteiger partial charge on any atom is -0.480 e. The molecule has 1 unspecified atom stereocenters. The Bertz CT molecular complexity index is 1110. The summed E-state index contributed by atoms with van der Waals surface area (Å²) in [6.45, 7) is 20.1. The highest BCUT2D eigenvalue weighted by Gasteiger charge is 2.39. The number of anilines is 1. The van der Waals surface area contributed by atoms with Gasteiger partial charge in [-0.25, -0.2) is 8.42 Å². The standard InChI is InChI=1S/C29H43NO4S/c1-16(2)21-14-24(19(7)8)26(25(15-21)20(9)10)28(29(31)32)35(33,34)30-27-22(17(3)4)12-11-13-23(27)18(5)6/h11-20,28,30H,1-10H3,(H,31,32). The van der Waals surface area contributed by atoms with Crippen molar-refractivity contribution >= 4 is 21.7 Å². The maximum Gasteiger partial charge on any atom is 0.328 e. The number of hydrogen-bond donors (Lipinski definition) is 2. The van der Waals surface area contributed by atoms with Crippen LogP contribution >= 0.6 is 0 Å². The second-order valence-corrected chi connectivity index (χ2v) is 12.8. The summed E-state index contributed by atoms with van der Waals surface area (Å²) >= 11 is 0. The molecule has 0 bridgehead atoms. The topological polar surface area (TPSA) is 83.5 Å². The van der Waals surface area contributed by atoms with Gasteiger partial charge in [-0.1, -0.05) is 99.6 Å². The van der Waals surface area contributed by atoms with E-state index in [-0.39, 0.29) is 29.6 Å². The molecule has 35 heavy (non-hydrogen) atoms. The number of hydrogen-bond acceptors (Lipinski definition) is 3. The van der Waals surface area contributed by atoms with Gasteiger partial charge >= 0.3 is 5.97 Å². The lowest BCUT2D eigenvalue weighted by atomic mass is 9.83. The van der Waals surface area contributed by atoms with Gasteiger partial charge in [-0.15, -0.1) is 0 Å². The van der Waals surface area contributed by atoms with Gasteiger partial charge in [0.15, 0.2) is 0 Å². The van der Waals surface area contributed by atoms with Gasteiger partial charge in [0, 0.05) is 0 Å². The molecule has 0 saturated carbocycles. The van der Waals surface area contributed by atoms with Crippen molar-refractivity contribution in [1.82, 2.24) is 0 Å². The van der Waals surface area contributed by atoms with Crippen LogP contribution in [0.1, 0.15) is 137 Å². The molecule has 0 saturated heterocycles. The highest BCUT2D eigenvalue weighted by atomic mass is 32.2. The van der Waals surface area contributed by atoms with Crippen molar-refractivity contribution in [1.29, 1.82) is 0 Å². The Kier molecular flexibility index (Phi) is 9.21. The number of aliphatic carboxylic acids is 1. The highest BCUT2D eigenvalue weighted by Crippen LogP contribution is 2.41. The van der Waals surface area contributed by atoms with Gasteiger partial charge in [0.2, 0.25) is 5.25 Å². The first-order valence-electron chi connectivity index (χ1n) is 12.6. The molecule has 1 atom stereocenters. The Balaban J connectivity index is 2.86. The third kappa shape index (κ3) is 6.27. The fourth-order valence-electron chi connectivity index (χ4n) is 4.60. The molecule has 0 aliphatic rings. The Morgan fingerprint density at radius 1 is 0.714 bits per heavy atom. The molecule has 0 aromatic heterocycles. The molecule has 0 radical (unpaired) electrons. The molecule has 0 aliphatic heterocycles. The molecular formula is C29H43NO4S. The fourth-order valence-corrected chi connectivity index (χ4v) is 6.08. The predicted octanol–water partition coefficient (Wildman–Crippen LogP) is 7.87. The highest BCUT2D eigenvalue weighted by molar-refractivity contribution is 7.93. The predicted molar refractivity (Wildman–Crippen MR) is 146 cm³/mol. The smallest absolute Gasteiger partial charge is 0.328 e. The number of carbonyl (C=O) groups is 1. The van der Waals surface area contributed by atoms with Crippen molar-refractivity contribution < 1.29 is 18.3 Å². The summed E-state index contributed by atoms with van der Waals surface area (Å²) in [6.07, 6.45) is 0. The number of nitrogens with one attached hydrogen (secondary N) is 1. The molecule has 0 fully saturated rings. The summed E-state index contributed by atoms with van der Waals surface area (Å²) in [5.41, 5.74) is 5.24. The maximum atomic E-state index is 14.0. The lowest BCUT2D eigenvalue weighted by Gasteiger charge is -2.28. The molecule has 0 amide bonds. The number of benzene rings is 2. The van der Waals surface area contributed by atoms with Crippen LogP contribution in [-0.2, 0) is 14.8 Å². The Morgan fingerprint density at radius 2 is 1.11 bits per heavy atom. The van der Waals surface area contributed by atoms with E-state index < -0.39 is 21.2 Å². The molecule has 2 aromatic rings. The molecule has 0 spiro atoms. The van der Waals surface area contributed by atoms with Crippen LogP contribution in [0.5, 0.6) is 0 Å². The quantitative estimate of drug-likeness (QED) is 0.347. The van der Waals surface area contributed by atoms with E-state index in [1.165, 1.54) is 0 Å². The first kappa shape index (κ1) is 28.9. The third-order valence-electron chi connectivity index (χ3n) is 6.59. The number of rotatable bonds is 10. The van der Waals surface area contributed by atoms with Gasteiger partial charge in [0.25, 0.3) is 10.0 Å². The average molecular weight is 502 g/mol. The summed E-state index contributed by atoms with van der Waals surface area (Å²) in [7, 11) is -4.33. The first-order chi connectivity index (χ1) is 16.1. The number of carboxylic acid groups (broad SMARTS) is 1. The zero-order valence-electron chi connectivity index (χ0n) is 22.9. The molecule has 2 rings (SSSR count). The van der Waals surface area contributed by atoms with Crippen LogP contribution < -0.4 is 4.72 Å². The normalized spacial score (nSPS) is 13.3. The van der Waals surface area contributed by atoms with Crippen LogP contribution in [0.3, 0.4) is 0 Å². The molecule has 0 aliphatic carbocycles. The van der Waals surface area contributed by atoms with Crippen LogP contribution in [0.25, 0.3) is 0 Å². The van der Waals surface area contributed by atoms with E-state index in [9.17, 15) is 18.3 Å². The lowest BCUT2D eigenvalue weighted by Crippen LogP contribution is -2.31. The molecule has 5 nitrogen and oxygen atoms in total. The zero-order chi connectivity index (χ0) is 26.8. The zero-order valence-corrected chi connectivity index (χ0v) is 23.7. The van der Waals surface area contributed by atoms with Crippen LogP contribution in [0.4, 0.5) is 5.69 Å². The van der Waals surface area contributed by atoms with Gasteiger partial charge in [0.1, 0.15) is 0 Å². The largest absolute Gasteiger partial charge is 0.480 e. The summed E-state index contributed by atoms with van der Waals surface area (Å²) in [5.74, 6) is -1.06. The lowest BCUT2D eigenvalue weighted by molar-refractivity contribution is -0.136. The van der Waals surface area contributed by atoms with E-state index in [0.717, 1.165) is 27.8 Å². The van der Waals surface area contributed by atoms with Gasteiger partial charge in [-0.05, 0) is 63.0 Å². The van der Waals surface area contributed by atoms with Crippen molar-refractivity contribution in [2.75, 3.05) is 4.72 Å². The van der Waals surface area contributed by atoms with Crippen molar-refractivity contribution in [3.63, 3.8) is 0 Å². The maximum absolute atomic E-state index is 14.0. The van der Waals surface area contributed by atoms with Gasteiger partial charge in [0.05, 0.1) is 5.69 Å². The van der Waals surface area contributed by atoms with Gasteiger partial charge in [-0.3, -0.25) is 9.52 Å². The fraction of sp³-hybridized carbons (Fsp3) is 0.552. The summed E-state index contributed by atoms with van der Waals surface area (Å²) in [6, 6.07) is 9.71. The Hall–Kier alpha value is -2.34. The average Bonchev–Trinajstić information content (AvgIpc) is 2.72. The number of carboxylic acids is 1. The minimum atomic E-state index is -4.33. The van der Waals surface area contributed by atoms with Crippen molar-refractivity contribution in [3.05, 3.63) is 63.7 Å². The van der Waals surface area contributed by atoms with Crippen LogP contribution in [0, 0.1) is 0 Å². The SMILES string of the molecule is CC(C)c1cc(C(C)C)c(C(C(=O)O)S(=O)(=O)Nc2c(C(C)C)cccc2C(C)C)c(C(C)C)c1. The summed E-state index contributed by atoms with van der Waals surface area (Å²) in [5, 5.41) is 8.65. The van der Waals surface area contributed by atoms with Crippen LogP contribution in [0.15, 0.2) is 30.3 Å². The first-order valence-corrected chi connectivity index (χ1v) is 14.2. The van der Waals surface area contributed by atoms with E-state index in [0.29, 0.717) is 11.3 Å². The van der Waals surface area contributed by atoms with E-state index >= 15 is 0 Å². The molecule has 2 N–H and O–H groups in total. The van der Waals surface area contributed by atoms with Gasteiger partial charge < -0.3 is 5.11 Å². The van der Waals surface area contributed by atoms with Crippen molar-refractivity contribution in [3.8, 4) is 0 Å². The molecule has 0 heterocycles. The third-order valence-corrected chi connectivity index (χ3v) is 8.14. The minimum absolute atomic E-state index is 0.0348. The van der Waals surface area contributed by atoms with Crippen molar-refractivity contribution in [2.45, 2.75) is 104 Å². The van der Waals surface area contributed by atoms with E-state index in [1.807, 2.05) is 85.7 Å². The Morgan fingerprint density at radius 3 is 1.43 bits per heavy atom. The van der Waals surface area contributed by atoms with E-state index in [4.69, 9.17) is 0 Å². The molecular weight excluding hydrogens is 458 g/mol. The molecule has 6 heteroatoms. The monoisotopic (exact) mass is 501 g/mol. The van der Waals surface area contributed by atoms with Gasteiger partial charge in [-0.2, -0.15) is 0 Å². The molecule has 2 aromatic carbocycles. The Labute approximate surface area is 212 Å². The summed E-state index contributed by atoms with van der Waals surface area (Å²) in [4.78, 5) is 12.7. The number of para-hydroxylation sites is 1. The molecule has 194 valence electrons. The summed E-state index contributed by atoms with van der Waals surface area (Å²) < 4.78 is 30.7. The number of sulfonamides is 1. The van der Waals surface area contributed by atoms with E-state index in [1.54, 1.807) is 0 Å². The van der Waals surface area contributed by atoms with Crippen LogP contribution in [-0.4, -0.2) is 19.5 Å². The van der Waals surface area contributed by atoms with E-state index in [2.05, 4.69) is 18.6 Å². The second-order valence-electron chi connectivity index (χ2n) is 11.1. The second kappa shape index (κ2) is 11.2. The van der Waals surface area contributed by atoms with Crippen molar-refractivity contribution in [2.24, 2.45) is 0 Å².